The molecule has 0 aliphatic heterocycles. The van der Waals surface area contributed by atoms with E-state index in [2.05, 4.69) is 12.6 Å². The zero-order chi connectivity index (χ0) is 13.6. The second kappa shape index (κ2) is 13.6. The van der Waals surface area contributed by atoms with E-state index in [1.165, 1.54) is 0 Å². The van der Waals surface area contributed by atoms with Gasteiger partial charge in [0.2, 0.25) is 6.43 Å². The monoisotopic (exact) mass is 284 g/mol. The van der Waals surface area contributed by atoms with Crippen molar-refractivity contribution in [2.75, 3.05) is 5.75 Å². The van der Waals surface area contributed by atoms with Gasteiger partial charge in [0, 0.05) is 6.42 Å². The van der Waals surface area contributed by atoms with Gasteiger partial charge >= 0.3 is 0 Å². The summed E-state index contributed by atoms with van der Waals surface area (Å²) in [5.41, 5.74) is 0. The third kappa shape index (κ3) is 14.2. The Morgan fingerprint density at radius 1 is 0.611 bits per heavy atom. The van der Waals surface area contributed by atoms with Crippen molar-refractivity contribution in [3.05, 3.63) is 0 Å². The van der Waals surface area contributed by atoms with Gasteiger partial charge in [-0.05, 0) is 31.4 Å². The van der Waals surface area contributed by atoms with Gasteiger partial charge in [0.25, 0.3) is 0 Å². The van der Waals surface area contributed by atoms with Gasteiger partial charge in [-0.25, -0.2) is 13.2 Å². The number of thiol groups is 1. The van der Waals surface area contributed by atoms with Crippen molar-refractivity contribution >= 4 is 12.6 Å². The lowest BCUT2D eigenvalue weighted by atomic mass is 10.0. The van der Waals surface area contributed by atoms with Gasteiger partial charge in [-0.1, -0.05) is 38.5 Å². The number of alkyl halides is 3. The van der Waals surface area contributed by atoms with Crippen LogP contribution in [0.2, 0.25) is 0 Å². The fourth-order valence-corrected chi connectivity index (χ4v) is 2.19. The third-order valence-corrected chi connectivity index (χ3v) is 3.43. The number of hydrogen-bond acceptors (Lipinski definition) is 1. The highest BCUT2D eigenvalue weighted by Gasteiger charge is 2.05. The molecule has 0 radical (unpaired) electrons. The lowest BCUT2D eigenvalue weighted by Gasteiger charge is -2.06. The Bertz CT molecular complexity index is 165. The zero-order valence-corrected chi connectivity index (χ0v) is 12.1. The Hall–Kier alpha value is 0.140. The predicted octanol–water partition coefficient (Wildman–Crippen LogP) is 5.81. The summed E-state index contributed by atoms with van der Waals surface area (Å²) in [7, 11) is 0. The molecule has 0 spiro atoms. The van der Waals surface area contributed by atoms with Crippen molar-refractivity contribution in [3.8, 4) is 0 Å². The summed E-state index contributed by atoms with van der Waals surface area (Å²) in [6, 6.07) is 0. The Morgan fingerprint density at radius 3 is 1.56 bits per heavy atom. The summed E-state index contributed by atoms with van der Waals surface area (Å²) in [5, 5.41) is 0. The van der Waals surface area contributed by atoms with E-state index in [0.29, 0.717) is 19.3 Å². The summed E-state index contributed by atoms with van der Waals surface area (Å²) in [4.78, 5) is 0. The molecule has 0 saturated heterocycles. The lowest BCUT2D eigenvalue weighted by molar-refractivity contribution is 0.133. The van der Waals surface area contributed by atoms with Gasteiger partial charge in [0.15, 0.2) is 0 Å². The Kier molecular flexibility index (Phi) is 13.7. The molecule has 0 aromatic rings. The minimum absolute atomic E-state index is 0.0364. The Balaban J connectivity index is 3.07. The standard InChI is InChI=1S/C14H27F3S/c15-13(10-8-12-18)9-6-4-2-1-3-5-7-11-14(16)17/h13-14,18H,1-12H2. The van der Waals surface area contributed by atoms with Crippen molar-refractivity contribution < 1.29 is 13.2 Å². The summed E-state index contributed by atoms with van der Waals surface area (Å²) < 4.78 is 36.9. The van der Waals surface area contributed by atoms with E-state index in [0.717, 1.165) is 50.7 Å². The van der Waals surface area contributed by atoms with Gasteiger partial charge in [-0.15, -0.1) is 0 Å². The quantitative estimate of drug-likeness (QED) is 0.320. The minimum atomic E-state index is -2.15. The van der Waals surface area contributed by atoms with Gasteiger partial charge in [0.05, 0.1) is 0 Å². The first-order chi connectivity index (χ1) is 8.66. The summed E-state index contributed by atoms with van der Waals surface area (Å²) in [6.45, 7) is 0. The molecular weight excluding hydrogens is 257 g/mol. The molecule has 0 rings (SSSR count). The van der Waals surface area contributed by atoms with Crippen molar-refractivity contribution in [2.24, 2.45) is 0 Å². The molecule has 0 aromatic heterocycles. The second-order valence-electron chi connectivity index (χ2n) is 4.91. The molecule has 0 amide bonds. The second-order valence-corrected chi connectivity index (χ2v) is 5.35. The third-order valence-electron chi connectivity index (χ3n) is 3.12. The van der Waals surface area contributed by atoms with E-state index in [4.69, 9.17) is 0 Å². The van der Waals surface area contributed by atoms with E-state index < -0.39 is 12.6 Å². The molecule has 0 aromatic carbocycles. The molecule has 0 bridgehead atoms. The van der Waals surface area contributed by atoms with Crippen LogP contribution in [-0.4, -0.2) is 18.3 Å². The molecule has 0 fully saturated rings. The molecule has 4 heteroatoms. The van der Waals surface area contributed by atoms with Crippen LogP contribution in [0.5, 0.6) is 0 Å². The maximum absolute atomic E-state index is 13.2. The predicted molar refractivity (Wildman–Crippen MR) is 75.5 cm³/mol. The van der Waals surface area contributed by atoms with E-state index >= 15 is 0 Å². The molecule has 0 heterocycles. The van der Waals surface area contributed by atoms with Crippen molar-refractivity contribution in [1.82, 2.24) is 0 Å². The van der Waals surface area contributed by atoms with Crippen LogP contribution in [0, 0.1) is 0 Å². The molecule has 0 N–H and O–H groups in total. The van der Waals surface area contributed by atoms with Gasteiger partial charge in [0.1, 0.15) is 6.17 Å². The van der Waals surface area contributed by atoms with Gasteiger partial charge in [-0.3, -0.25) is 0 Å². The fourth-order valence-electron chi connectivity index (χ4n) is 2.01. The molecule has 1 atom stereocenters. The van der Waals surface area contributed by atoms with Crippen LogP contribution in [-0.2, 0) is 0 Å². The Morgan fingerprint density at radius 2 is 1.06 bits per heavy atom. The molecule has 1 unspecified atom stereocenters. The largest absolute Gasteiger partial charge is 0.247 e. The topological polar surface area (TPSA) is 0 Å². The van der Waals surface area contributed by atoms with Crippen LogP contribution >= 0.6 is 12.6 Å². The number of unbranched alkanes of at least 4 members (excludes halogenated alkanes) is 6. The van der Waals surface area contributed by atoms with Crippen molar-refractivity contribution in [2.45, 2.75) is 83.2 Å². The van der Waals surface area contributed by atoms with E-state index in [1.807, 2.05) is 0 Å². The average Bonchev–Trinajstić information content (AvgIpc) is 2.34. The van der Waals surface area contributed by atoms with Crippen molar-refractivity contribution in [3.63, 3.8) is 0 Å². The first-order valence-electron chi connectivity index (χ1n) is 7.20. The van der Waals surface area contributed by atoms with E-state index in [9.17, 15) is 13.2 Å². The maximum atomic E-state index is 13.2. The molecule has 0 aliphatic rings. The Labute approximate surface area is 115 Å². The molecular formula is C14H27F3S. The highest BCUT2D eigenvalue weighted by Crippen LogP contribution is 2.15. The number of rotatable bonds is 13. The van der Waals surface area contributed by atoms with Crippen LogP contribution < -0.4 is 0 Å². The van der Waals surface area contributed by atoms with Gasteiger partial charge < -0.3 is 0 Å². The average molecular weight is 284 g/mol. The lowest BCUT2D eigenvalue weighted by Crippen LogP contribution is -2.00. The van der Waals surface area contributed by atoms with Crippen molar-refractivity contribution in [1.29, 1.82) is 0 Å². The molecule has 110 valence electrons. The highest BCUT2D eigenvalue weighted by molar-refractivity contribution is 7.80. The normalized spacial score (nSPS) is 13.2. The first kappa shape index (κ1) is 18.1. The first-order valence-corrected chi connectivity index (χ1v) is 7.83. The highest BCUT2D eigenvalue weighted by atomic mass is 32.1. The summed E-state index contributed by atoms with van der Waals surface area (Å²) in [6.07, 6.45) is 6.16. The summed E-state index contributed by atoms with van der Waals surface area (Å²) >= 11 is 4.06. The fraction of sp³-hybridized carbons (Fsp3) is 1.00. The molecule has 18 heavy (non-hydrogen) atoms. The van der Waals surface area contributed by atoms with E-state index in [1.54, 1.807) is 0 Å². The van der Waals surface area contributed by atoms with Crippen LogP contribution in [0.15, 0.2) is 0 Å². The van der Waals surface area contributed by atoms with Crippen LogP contribution in [0.25, 0.3) is 0 Å². The maximum Gasteiger partial charge on any atom is 0.238 e. The van der Waals surface area contributed by atoms with Crippen LogP contribution in [0.4, 0.5) is 13.2 Å². The van der Waals surface area contributed by atoms with Crippen LogP contribution in [0.1, 0.15) is 70.6 Å². The minimum Gasteiger partial charge on any atom is -0.247 e. The number of hydrogen-bond donors (Lipinski definition) is 1. The summed E-state index contributed by atoms with van der Waals surface area (Å²) in [5.74, 6) is 0.763. The van der Waals surface area contributed by atoms with Gasteiger partial charge in [-0.2, -0.15) is 12.6 Å². The molecule has 0 aliphatic carbocycles. The zero-order valence-electron chi connectivity index (χ0n) is 11.2. The smallest absolute Gasteiger partial charge is 0.238 e. The van der Waals surface area contributed by atoms with E-state index in [-0.39, 0.29) is 6.42 Å². The number of halogens is 3. The molecule has 0 nitrogen and oxygen atoms in total. The SMILES string of the molecule is FC(F)CCCCCCCCCC(F)CCCS. The molecule has 0 saturated carbocycles. The van der Waals surface area contributed by atoms with Crippen LogP contribution in [0.3, 0.4) is 0 Å².